The van der Waals surface area contributed by atoms with Crippen molar-refractivity contribution in [3.63, 3.8) is 0 Å². The number of ether oxygens (including phenoxy) is 7. The summed E-state index contributed by atoms with van der Waals surface area (Å²) in [6.45, 7) is -1.32. The zero-order valence-corrected chi connectivity index (χ0v) is 21.9. The summed E-state index contributed by atoms with van der Waals surface area (Å²) in [5.41, 5.74) is 0.601. The Balaban J connectivity index is 1.70. The van der Waals surface area contributed by atoms with Crippen LogP contribution < -0.4 is 9.47 Å². The van der Waals surface area contributed by atoms with Gasteiger partial charge in [0.25, 0.3) is 0 Å². The van der Waals surface area contributed by atoms with E-state index in [-0.39, 0.29) is 33.0 Å². The highest BCUT2D eigenvalue weighted by atomic mass is 16.7. The van der Waals surface area contributed by atoms with Crippen LogP contribution in [0.1, 0.15) is 0 Å². The van der Waals surface area contributed by atoms with Crippen LogP contribution in [0.2, 0.25) is 0 Å². The fraction of sp³-hybridized carbons (Fsp3) is 0.345. The fourth-order valence-electron chi connectivity index (χ4n) is 4.37. The van der Waals surface area contributed by atoms with Crippen LogP contribution in [-0.4, -0.2) is 93.9 Å². The molecule has 12 nitrogen and oxygen atoms in total. The SMILES string of the molecule is O=CCOCC1O[C@H](OCC=O)[C@H](Oc2ccnc3ccc(Oc4ccccc4)cc23)C(OCC=O)[C@@H]1OCC=O. The highest BCUT2D eigenvalue weighted by Crippen LogP contribution is 2.35. The molecule has 4 rings (SSSR count). The number of para-hydroxylation sites is 1. The van der Waals surface area contributed by atoms with Crippen LogP contribution in [0.3, 0.4) is 0 Å². The van der Waals surface area contributed by atoms with E-state index in [2.05, 4.69) is 4.98 Å². The lowest BCUT2D eigenvalue weighted by molar-refractivity contribution is -0.305. The van der Waals surface area contributed by atoms with Gasteiger partial charge in [-0.2, -0.15) is 0 Å². The van der Waals surface area contributed by atoms with Gasteiger partial charge in [-0.1, -0.05) is 18.2 Å². The van der Waals surface area contributed by atoms with Crippen LogP contribution in [0.5, 0.6) is 17.2 Å². The molecule has 2 heterocycles. The van der Waals surface area contributed by atoms with Crippen LogP contribution in [-0.2, 0) is 42.9 Å². The molecule has 1 aromatic heterocycles. The molecule has 1 fully saturated rings. The predicted octanol–water partition coefficient (Wildman–Crippen LogP) is 2.10. The maximum Gasteiger partial charge on any atom is 0.198 e. The Hall–Kier alpha value is -4.07. The Kier molecular flexibility index (Phi) is 11.4. The molecule has 0 aliphatic carbocycles. The van der Waals surface area contributed by atoms with Crippen molar-refractivity contribution < 1.29 is 52.3 Å². The highest BCUT2D eigenvalue weighted by molar-refractivity contribution is 5.86. The van der Waals surface area contributed by atoms with E-state index in [0.29, 0.717) is 53.3 Å². The average Bonchev–Trinajstić information content (AvgIpc) is 3.00. The summed E-state index contributed by atoms with van der Waals surface area (Å²) in [6.07, 6.45) is -1.40. The summed E-state index contributed by atoms with van der Waals surface area (Å²) < 4.78 is 41.0. The average molecular weight is 568 g/mol. The first kappa shape index (κ1) is 29.9. The standard InChI is InChI=1S/C29H29NO11/c31-10-14-35-19-25-26(36-15-11-32)27(37-16-12-33)28(29(41-25)38-17-13-34)40-24-8-9-30-23-7-6-21(18-22(23)24)39-20-4-2-1-3-5-20/h1-13,18,25-29H,14-17,19H2/t25?,26-,27?,28-,29+/m1/s1. The number of aromatic nitrogens is 1. The number of carbonyl (C=O) groups excluding carboxylic acids is 4. The van der Waals surface area contributed by atoms with E-state index in [9.17, 15) is 19.2 Å². The summed E-state index contributed by atoms with van der Waals surface area (Å²) in [5, 5.41) is 0.589. The molecule has 0 amide bonds. The van der Waals surface area contributed by atoms with Gasteiger partial charge in [0.15, 0.2) is 12.4 Å². The Labute approximate surface area is 235 Å². The molecule has 1 aliphatic rings. The highest BCUT2D eigenvalue weighted by Gasteiger charge is 2.50. The van der Waals surface area contributed by atoms with Crippen LogP contribution in [0.4, 0.5) is 0 Å². The number of carbonyl (C=O) groups is 4. The van der Waals surface area contributed by atoms with Crippen molar-refractivity contribution in [3.8, 4) is 17.2 Å². The minimum absolute atomic E-state index is 0.130. The number of benzene rings is 2. The maximum absolute atomic E-state index is 11.3. The van der Waals surface area contributed by atoms with Gasteiger partial charge in [-0.15, -0.1) is 0 Å². The molecule has 2 unspecified atom stereocenters. The van der Waals surface area contributed by atoms with Crippen LogP contribution in [0, 0.1) is 0 Å². The van der Waals surface area contributed by atoms with Gasteiger partial charge in [0.1, 0.15) is 87.1 Å². The monoisotopic (exact) mass is 567 g/mol. The molecular formula is C29H29NO11. The van der Waals surface area contributed by atoms with Gasteiger partial charge in [0.2, 0.25) is 0 Å². The van der Waals surface area contributed by atoms with Gasteiger partial charge in [-0.25, -0.2) is 0 Å². The lowest BCUT2D eigenvalue weighted by Crippen LogP contribution is -2.63. The molecule has 216 valence electrons. The molecule has 2 aromatic carbocycles. The first-order valence-corrected chi connectivity index (χ1v) is 12.8. The van der Waals surface area contributed by atoms with E-state index in [0.717, 1.165) is 0 Å². The normalized spacial score (nSPS) is 22.1. The third-order valence-electron chi connectivity index (χ3n) is 6.02. The first-order chi connectivity index (χ1) is 20.2. The van der Waals surface area contributed by atoms with Gasteiger partial charge in [-0.3, -0.25) is 4.98 Å². The predicted molar refractivity (Wildman–Crippen MR) is 142 cm³/mol. The number of hydrogen-bond acceptors (Lipinski definition) is 12. The third kappa shape index (κ3) is 7.99. The quantitative estimate of drug-likeness (QED) is 0.174. The van der Waals surface area contributed by atoms with Gasteiger partial charge >= 0.3 is 0 Å². The minimum atomic E-state index is -1.19. The second-order valence-corrected chi connectivity index (χ2v) is 8.66. The number of fused-ring (bicyclic) bond motifs is 1. The Morgan fingerprint density at radius 3 is 2.17 bits per heavy atom. The van der Waals surface area contributed by atoms with Gasteiger partial charge in [-0.05, 0) is 36.4 Å². The lowest BCUT2D eigenvalue weighted by atomic mass is 9.98. The van der Waals surface area contributed by atoms with Crippen molar-refractivity contribution in [1.29, 1.82) is 0 Å². The molecule has 12 heteroatoms. The zero-order chi connectivity index (χ0) is 28.9. The zero-order valence-electron chi connectivity index (χ0n) is 21.9. The summed E-state index contributed by atoms with van der Waals surface area (Å²) >= 11 is 0. The topological polar surface area (TPSA) is 146 Å². The largest absolute Gasteiger partial charge is 0.481 e. The van der Waals surface area contributed by atoms with Crippen LogP contribution in [0.25, 0.3) is 10.9 Å². The van der Waals surface area contributed by atoms with E-state index in [1.165, 1.54) is 0 Å². The Morgan fingerprint density at radius 1 is 0.732 bits per heavy atom. The third-order valence-corrected chi connectivity index (χ3v) is 6.02. The molecule has 1 saturated heterocycles. The van der Waals surface area contributed by atoms with Crippen molar-refractivity contribution in [2.24, 2.45) is 0 Å². The van der Waals surface area contributed by atoms with E-state index in [4.69, 9.17) is 33.2 Å². The number of hydrogen-bond donors (Lipinski definition) is 0. The van der Waals surface area contributed by atoms with E-state index in [1.807, 2.05) is 30.3 Å². The molecule has 5 atom stereocenters. The van der Waals surface area contributed by atoms with Crippen molar-refractivity contribution in [1.82, 2.24) is 4.98 Å². The molecule has 3 aromatic rings. The molecule has 1 aliphatic heterocycles. The van der Waals surface area contributed by atoms with Gasteiger partial charge in [0.05, 0.1) is 12.1 Å². The minimum Gasteiger partial charge on any atom is -0.481 e. The molecule has 0 radical (unpaired) electrons. The number of pyridine rings is 1. The van der Waals surface area contributed by atoms with E-state index >= 15 is 0 Å². The number of aldehydes is 4. The Bertz CT molecular complexity index is 1290. The molecule has 0 spiro atoms. The maximum atomic E-state index is 11.3. The van der Waals surface area contributed by atoms with Crippen molar-refractivity contribution in [2.75, 3.05) is 33.0 Å². The van der Waals surface area contributed by atoms with Crippen molar-refractivity contribution in [2.45, 2.75) is 30.7 Å². The second kappa shape index (κ2) is 15.6. The van der Waals surface area contributed by atoms with Gasteiger partial charge in [0, 0.05) is 11.6 Å². The fourth-order valence-corrected chi connectivity index (χ4v) is 4.37. The smallest absolute Gasteiger partial charge is 0.198 e. The van der Waals surface area contributed by atoms with Crippen LogP contribution >= 0.6 is 0 Å². The number of nitrogens with zero attached hydrogens (tertiary/aromatic N) is 1. The summed E-state index contributed by atoms with van der Waals surface area (Å²) in [6, 6.07) is 16.2. The van der Waals surface area contributed by atoms with Crippen molar-refractivity contribution >= 4 is 36.0 Å². The summed E-state index contributed by atoms with van der Waals surface area (Å²) in [7, 11) is 0. The molecule has 41 heavy (non-hydrogen) atoms. The number of rotatable bonds is 17. The lowest BCUT2D eigenvalue weighted by Gasteiger charge is -2.45. The molecule has 0 bridgehead atoms. The summed E-state index contributed by atoms with van der Waals surface area (Å²) in [5.74, 6) is 1.52. The van der Waals surface area contributed by atoms with Crippen LogP contribution in [0.15, 0.2) is 60.8 Å². The molecule has 0 N–H and O–H groups in total. The van der Waals surface area contributed by atoms with E-state index < -0.39 is 30.7 Å². The Morgan fingerprint density at radius 2 is 1.44 bits per heavy atom. The molecular weight excluding hydrogens is 538 g/mol. The van der Waals surface area contributed by atoms with E-state index in [1.54, 1.807) is 30.5 Å². The second-order valence-electron chi connectivity index (χ2n) is 8.66. The van der Waals surface area contributed by atoms with Crippen molar-refractivity contribution in [3.05, 3.63) is 60.8 Å². The summed E-state index contributed by atoms with van der Waals surface area (Å²) in [4.78, 5) is 48.8. The first-order valence-electron chi connectivity index (χ1n) is 12.8. The molecule has 0 saturated carbocycles. The van der Waals surface area contributed by atoms with Gasteiger partial charge < -0.3 is 52.3 Å².